The lowest BCUT2D eigenvalue weighted by molar-refractivity contribution is -0.137. The van der Waals surface area contributed by atoms with Crippen molar-refractivity contribution in [1.29, 1.82) is 0 Å². The van der Waals surface area contributed by atoms with Crippen LogP contribution in [0.2, 0.25) is 0 Å². The minimum absolute atomic E-state index is 0.00656. The fraction of sp³-hybridized carbons (Fsp3) is 0.462. The maximum absolute atomic E-state index is 11.9. The van der Waals surface area contributed by atoms with E-state index >= 15 is 0 Å². The minimum Gasteiger partial charge on any atom is -0.299 e. The number of aryl methyl sites for hydroxylation is 1. The van der Waals surface area contributed by atoms with Crippen molar-refractivity contribution in [2.45, 2.75) is 38.8 Å². The summed E-state index contributed by atoms with van der Waals surface area (Å²) in [6.07, 6.45) is -4.95. The summed E-state index contributed by atoms with van der Waals surface area (Å²) < 4.78 is 35.6. The Labute approximate surface area is 98.6 Å². The molecule has 0 saturated carbocycles. The summed E-state index contributed by atoms with van der Waals surface area (Å²) in [5, 5.41) is 0. The van der Waals surface area contributed by atoms with E-state index in [9.17, 15) is 18.0 Å². The molecule has 94 valence electrons. The lowest BCUT2D eigenvalue weighted by Crippen LogP contribution is -2.09. The van der Waals surface area contributed by atoms with E-state index in [0.717, 1.165) is 11.1 Å². The molecular weight excluding hydrogens is 229 g/mol. The van der Waals surface area contributed by atoms with Crippen molar-refractivity contribution in [3.8, 4) is 0 Å². The molecule has 0 amide bonds. The fourth-order valence-electron chi connectivity index (χ4n) is 1.51. The highest BCUT2D eigenvalue weighted by Gasteiger charge is 2.26. The molecule has 0 fully saturated rings. The molecule has 4 heteroatoms. The fourth-order valence-corrected chi connectivity index (χ4v) is 1.51. The van der Waals surface area contributed by atoms with Crippen LogP contribution in [0, 0.1) is 6.92 Å². The summed E-state index contributed by atoms with van der Waals surface area (Å²) in [5.74, 6) is -0.141. The van der Waals surface area contributed by atoms with E-state index in [1.807, 2.05) is 31.2 Å². The van der Waals surface area contributed by atoms with Gasteiger partial charge >= 0.3 is 6.18 Å². The maximum atomic E-state index is 11.9. The first kappa shape index (κ1) is 13.7. The number of hydrogen-bond donors (Lipinski definition) is 0. The number of Topliss-reactive ketones (excluding diaryl/α,β-unsaturated/α-hetero) is 1. The number of carbonyl (C=O) groups is 1. The predicted octanol–water partition coefficient (Wildman–Crippen LogP) is 3.84. The van der Waals surface area contributed by atoms with Gasteiger partial charge in [0.1, 0.15) is 5.78 Å². The number of benzene rings is 1. The van der Waals surface area contributed by atoms with Crippen molar-refractivity contribution in [2.75, 3.05) is 0 Å². The number of alkyl halides is 3. The monoisotopic (exact) mass is 244 g/mol. The van der Waals surface area contributed by atoms with Crippen molar-refractivity contribution in [3.05, 3.63) is 35.4 Å². The first-order chi connectivity index (χ1) is 7.87. The van der Waals surface area contributed by atoms with Gasteiger partial charge in [-0.1, -0.05) is 29.8 Å². The number of rotatable bonds is 5. The zero-order valence-electron chi connectivity index (χ0n) is 9.68. The van der Waals surface area contributed by atoms with Crippen molar-refractivity contribution in [1.82, 2.24) is 0 Å². The summed E-state index contributed by atoms with van der Waals surface area (Å²) in [6, 6.07) is 7.44. The number of ketones is 1. The molecule has 0 atom stereocenters. The first-order valence-corrected chi connectivity index (χ1v) is 5.51. The van der Waals surface area contributed by atoms with Crippen LogP contribution in [-0.2, 0) is 11.2 Å². The third kappa shape index (κ3) is 6.09. The number of carbonyl (C=O) groups excluding carboxylic acids is 1. The molecule has 0 aromatic heterocycles. The third-order valence-electron chi connectivity index (χ3n) is 2.44. The normalized spacial score (nSPS) is 11.5. The zero-order chi connectivity index (χ0) is 12.9. The molecule has 1 nitrogen and oxygen atoms in total. The molecule has 0 saturated heterocycles. The molecule has 0 heterocycles. The highest BCUT2D eigenvalue weighted by molar-refractivity contribution is 5.80. The second-order valence-corrected chi connectivity index (χ2v) is 4.17. The van der Waals surface area contributed by atoms with Crippen LogP contribution in [0.1, 0.15) is 30.4 Å². The third-order valence-corrected chi connectivity index (χ3v) is 2.44. The molecule has 0 spiro atoms. The van der Waals surface area contributed by atoms with E-state index in [2.05, 4.69) is 0 Å². The SMILES string of the molecule is Cc1ccc(CC(=O)CCCC(F)(F)F)cc1. The Morgan fingerprint density at radius 3 is 2.29 bits per heavy atom. The van der Waals surface area contributed by atoms with Gasteiger partial charge < -0.3 is 0 Å². The maximum Gasteiger partial charge on any atom is 0.389 e. The van der Waals surface area contributed by atoms with Crippen LogP contribution in [0.3, 0.4) is 0 Å². The zero-order valence-corrected chi connectivity index (χ0v) is 9.68. The first-order valence-electron chi connectivity index (χ1n) is 5.51. The summed E-state index contributed by atoms with van der Waals surface area (Å²) in [7, 11) is 0. The summed E-state index contributed by atoms with van der Waals surface area (Å²) in [5.41, 5.74) is 1.95. The van der Waals surface area contributed by atoms with Crippen molar-refractivity contribution in [3.63, 3.8) is 0 Å². The van der Waals surface area contributed by atoms with Gasteiger partial charge in [0.2, 0.25) is 0 Å². The average molecular weight is 244 g/mol. The van der Waals surface area contributed by atoms with Gasteiger partial charge in [0.05, 0.1) is 0 Å². The predicted molar refractivity (Wildman–Crippen MR) is 59.8 cm³/mol. The molecule has 0 aliphatic rings. The van der Waals surface area contributed by atoms with Crippen molar-refractivity contribution < 1.29 is 18.0 Å². The molecule has 17 heavy (non-hydrogen) atoms. The van der Waals surface area contributed by atoms with Gasteiger partial charge in [-0.05, 0) is 18.9 Å². The number of hydrogen-bond acceptors (Lipinski definition) is 1. The smallest absolute Gasteiger partial charge is 0.299 e. The van der Waals surface area contributed by atoms with Crippen LogP contribution >= 0.6 is 0 Å². The Kier molecular flexibility index (Phi) is 4.73. The van der Waals surface area contributed by atoms with Gasteiger partial charge in [0, 0.05) is 19.3 Å². The van der Waals surface area contributed by atoms with E-state index in [4.69, 9.17) is 0 Å². The van der Waals surface area contributed by atoms with Crippen molar-refractivity contribution >= 4 is 5.78 Å². The molecule has 0 unspecified atom stereocenters. The Balaban J connectivity index is 2.32. The van der Waals surface area contributed by atoms with Gasteiger partial charge in [-0.2, -0.15) is 13.2 Å². The van der Waals surface area contributed by atoms with Crippen LogP contribution in [0.4, 0.5) is 13.2 Å². The Morgan fingerprint density at radius 1 is 1.18 bits per heavy atom. The molecule has 0 bridgehead atoms. The van der Waals surface area contributed by atoms with Crippen LogP contribution in [0.25, 0.3) is 0 Å². The summed E-state index contributed by atoms with van der Waals surface area (Å²) in [4.78, 5) is 11.4. The van der Waals surface area contributed by atoms with Gasteiger partial charge in [-0.15, -0.1) is 0 Å². The lowest BCUT2D eigenvalue weighted by atomic mass is 10.0. The average Bonchev–Trinajstić information content (AvgIpc) is 2.19. The quantitative estimate of drug-likeness (QED) is 0.769. The summed E-state index contributed by atoms with van der Waals surface area (Å²) in [6.45, 7) is 1.94. The van der Waals surface area contributed by atoms with E-state index in [0.29, 0.717) is 0 Å². The number of halogens is 3. The van der Waals surface area contributed by atoms with E-state index in [1.54, 1.807) is 0 Å². The molecule has 1 aromatic rings. The van der Waals surface area contributed by atoms with Gasteiger partial charge in [-0.3, -0.25) is 4.79 Å². The van der Waals surface area contributed by atoms with Crippen LogP contribution in [0.5, 0.6) is 0 Å². The van der Waals surface area contributed by atoms with Gasteiger partial charge in [-0.25, -0.2) is 0 Å². The molecule has 1 rings (SSSR count). The highest BCUT2D eigenvalue weighted by atomic mass is 19.4. The second kappa shape index (κ2) is 5.84. The van der Waals surface area contributed by atoms with E-state index < -0.39 is 12.6 Å². The molecule has 0 aliphatic heterocycles. The Bertz CT molecular complexity index is 365. The van der Waals surface area contributed by atoms with E-state index in [-0.39, 0.29) is 25.0 Å². The topological polar surface area (TPSA) is 17.1 Å². The standard InChI is InChI=1S/C13H15F3O/c1-10-4-6-11(7-5-10)9-12(17)3-2-8-13(14,15)16/h4-7H,2-3,8-9H2,1H3. The lowest BCUT2D eigenvalue weighted by Gasteiger charge is -2.05. The highest BCUT2D eigenvalue weighted by Crippen LogP contribution is 2.22. The van der Waals surface area contributed by atoms with Gasteiger partial charge in [0.15, 0.2) is 0 Å². The van der Waals surface area contributed by atoms with Crippen LogP contribution in [-0.4, -0.2) is 12.0 Å². The molecule has 1 aromatic carbocycles. The summed E-state index contributed by atoms with van der Waals surface area (Å²) >= 11 is 0. The van der Waals surface area contributed by atoms with Crippen molar-refractivity contribution in [2.24, 2.45) is 0 Å². The van der Waals surface area contributed by atoms with Crippen LogP contribution in [0.15, 0.2) is 24.3 Å². The minimum atomic E-state index is -4.16. The Morgan fingerprint density at radius 2 is 1.76 bits per heavy atom. The largest absolute Gasteiger partial charge is 0.389 e. The van der Waals surface area contributed by atoms with Gasteiger partial charge in [0.25, 0.3) is 0 Å². The second-order valence-electron chi connectivity index (χ2n) is 4.17. The molecule has 0 aliphatic carbocycles. The molecular formula is C13H15F3O. The molecule has 0 radical (unpaired) electrons. The Hall–Kier alpha value is -1.32. The van der Waals surface area contributed by atoms with Crippen LogP contribution < -0.4 is 0 Å². The van der Waals surface area contributed by atoms with E-state index in [1.165, 1.54) is 0 Å². The molecule has 0 N–H and O–H groups in total.